The second kappa shape index (κ2) is 5.19. The van der Waals surface area contributed by atoms with Crippen molar-refractivity contribution in [3.63, 3.8) is 0 Å². The Morgan fingerprint density at radius 3 is 2.47 bits per heavy atom. The highest BCUT2D eigenvalue weighted by Crippen LogP contribution is 2.29. The molecule has 17 heavy (non-hydrogen) atoms. The Kier molecular flexibility index (Phi) is 3.85. The van der Waals surface area contributed by atoms with Crippen LogP contribution in [0.5, 0.6) is 0 Å². The first-order valence-electron chi connectivity index (χ1n) is 6.56. The molecule has 2 heteroatoms. The van der Waals surface area contributed by atoms with Crippen molar-refractivity contribution in [2.24, 2.45) is 5.41 Å². The van der Waals surface area contributed by atoms with Gasteiger partial charge in [0.05, 0.1) is 6.61 Å². The summed E-state index contributed by atoms with van der Waals surface area (Å²) in [4.78, 5) is 0. The lowest BCUT2D eigenvalue weighted by Gasteiger charge is -2.25. The van der Waals surface area contributed by atoms with E-state index in [0.29, 0.717) is 5.92 Å². The van der Waals surface area contributed by atoms with E-state index in [1.807, 2.05) is 0 Å². The minimum atomic E-state index is 0.0688. The second-order valence-corrected chi connectivity index (χ2v) is 5.66. The standard InChI is InChI=1S/C15H23NO/c1-12(2)14-5-3-13(4-6-14)9-15(11-17)7-8-16-10-15/h3-6,12,16-17H,7-11H2,1-2H3. The Morgan fingerprint density at radius 1 is 1.29 bits per heavy atom. The van der Waals surface area contributed by atoms with E-state index in [2.05, 4.69) is 43.4 Å². The fourth-order valence-electron chi connectivity index (χ4n) is 2.59. The number of aliphatic hydroxyl groups is 1. The third kappa shape index (κ3) is 2.88. The van der Waals surface area contributed by atoms with Crippen molar-refractivity contribution in [3.8, 4) is 0 Å². The van der Waals surface area contributed by atoms with E-state index in [1.165, 1.54) is 11.1 Å². The first kappa shape index (κ1) is 12.6. The molecule has 1 saturated heterocycles. The van der Waals surface area contributed by atoms with E-state index in [9.17, 15) is 5.11 Å². The minimum Gasteiger partial charge on any atom is -0.396 e. The summed E-state index contributed by atoms with van der Waals surface area (Å²) in [5, 5.41) is 12.9. The predicted molar refractivity (Wildman–Crippen MR) is 71.2 cm³/mol. The van der Waals surface area contributed by atoms with Crippen molar-refractivity contribution in [1.29, 1.82) is 0 Å². The molecule has 0 aliphatic carbocycles. The van der Waals surface area contributed by atoms with Gasteiger partial charge < -0.3 is 10.4 Å². The molecule has 94 valence electrons. The molecule has 2 nitrogen and oxygen atoms in total. The first-order chi connectivity index (χ1) is 8.15. The van der Waals surface area contributed by atoms with Crippen LogP contribution in [0, 0.1) is 5.41 Å². The summed E-state index contributed by atoms with van der Waals surface area (Å²) in [6.07, 6.45) is 2.06. The lowest BCUT2D eigenvalue weighted by atomic mass is 9.81. The van der Waals surface area contributed by atoms with E-state index in [4.69, 9.17) is 0 Å². The molecule has 0 amide bonds. The Balaban J connectivity index is 2.07. The number of benzene rings is 1. The van der Waals surface area contributed by atoms with Gasteiger partial charge in [-0.1, -0.05) is 38.1 Å². The average Bonchev–Trinajstić information content (AvgIpc) is 2.79. The molecule has 0 saturated carbocycles. The lowest BCUT2D eigenvalue weighted by Crippen LogP contribution is -2.30. The molecule has 1 atom stereocenters. The number of nitrogens with one attached hydrogen (secondary N) is 1. The second-order valence-electron chi connectivity index (χ2n) is 5.66. The van der Waals surface area contributed by atoms with Gasteiger partial charge in [-0.2, -0.15) is 0 Å². The van der Waals surface area contributed by atoms with Crippen LogP contribution in [0.4, 0.5) is 0 Å². The van der Waals surface area contributed by atoms with Crippen LogP contribution in [0.3, 0.4) is 0 Å². The summed E-state index contributed by atoms with van der Waals surface area (Å²) in [6, 6.07) is 8.86. The maximum Gasteiger partial charge on any atom is 0.0503 e. The Morgan fingerprint density at radius 2 is 2.00 bits per heavy atom. The SMILES string of the molecule is CC(C)c1ccc(CC2(CO)CCNC2)cc1. The van der Waals surface area contributed by atoms with Gasteiger partial charge in [0.2, 0.25) is 0 Å². The highest BCUT2D eigenvalue weighted by molar-refractivity contribution is 5.25. The highest BCUT2D eigenvalue weighted by atomic mass is 16.3. The molecule has 1 unspecified atom stereocenters. The van der Waals surface area contributed by atoms with Crippen molar-refractivity contribution in [2.75, 3.05) is 19.7 Å². The van der Waals surface area contributed by atoms with Crippen LogP contribution in [0.15, 0.2) is 24.3 Å². The summed E-state index contributed by atoms with van der Waals surface area (Å²) in [7, 11) is 0. The number of rotatable bonds is 4. The average molecular weight is 233 g/mol. The van der Waals surface area contributed by atoms with Crippen LogP contribution in [0.2, 0.25) is 0 Å². The Hall–Kier alpha value is -0.860. The van der Waals surface area contributed by atoms with Crippen molar-refractivity contribution in [2.45, 2.75) is 32.6 Å². The number of hydrogen-bond acceptors (Lipinski definition) is 2. The van der Waals surface area contributed by atoms with Crippen LogP contribution in [0.25, 0.3) is 0 Å². The van der Waals surface area contributed by atoms with E-state index in [-0.39, 0.29) is 12.0 Å². The molecule has 1 aliphatic heterocycles. The fraction of sp³-hybridized carbons (Fsp3) is 0.600. The molecular formula is C15H23NO. The maximum absolute atomic E-state index is 9.58. The summed E-state index contributed by atoms with van der Waals surface area (Å²) in [6.45, 7) is 6.68. The minimum absolute atomic E-state index is 0.0688. The largest absolute Gasteiger partial charge is 0.396 e. The van der Waals surface area contributed by atoms with Crippen molar-refractivity contribution >= 4 is 0 Å². The van der Waals surface area contributed by atoms with E-state index < -0.39 is 0 Å². The summed E-state index contributed by atoms with van der Waals surface area (Å²) in [5.41, 5.74) is 2.79. The van der Waals surface area contributed by atoms with Gasteiger partial charge in [-0.25, -0.2) is 0 Å². The zero-order chi connectivity index (χ0) is 12.3. The van der Waals surface area contributed by atoms with Crippen molar-refractivity contribution < 1.29 is 5.11 Å². The third-order valence-corrected chi connectivity index (χ3v) is 3.89. The third-order valence-electron chi connectivity index (χ3n) is 3.89. The summed E-state index contributed by atoms with van der Waals surface area (Å²) < 4.78 is 0. The van der Waals surface area contributed by atoms with Gasteiger partial charge in [-0.3, -0.25) is 0 Å². The molecule has 2 rings (SSSR count). The maximum atomic E-state index is 9.58. The van der Waals surface area contributed by atoms with E-state index in [0.717, 1.165) is 25.9 Å². The van der Waals surface area contributed by atoms with Gasteiger partial charge in [0.25, 0.3) is 0 Å². The summed E-state index contributed by atoms with van der Waals surface area (Å²) >= 11 is 0. The van der Waals surface area contributed by atoms with Crippen molar-refractivity contribution in [3.05, 3.63) is 35.4 Å². The molecule has 1 aliphatic rings. The van der Waals surface area contributed by atoms with Gasteiger partial charge in [-0.05, 0) is 36.4 Å². The molecule has 0 spiro atoms. The van der Waals surface area contributed by atoms with Gasteiger partial charge >= 0.3 is 0 Å². The topological polar surface area (TPSA) is 32.3 Å². The number of aliphatic hydroxyl groups excluding tert-OH is 1. The van der Waals surface area contributed by atoms with Crippen LogP contribution >= 0.6 is 0 Å². The molecule has 1 aromatic carbocycles. The number of hydrogen-bond donors (Lipinski definition) is 2. The quantitative estimate of drug-likeness (QED) is 0.836. The lowest BCUT2D eigenvalue weighted by molar-refractivity contribution is 0.143. The van der Waals surface area contributed by atoms with E-state index >= 15 is 0 Å². The molecule has 2 N–H and O–H groups in total. The molecule has 0 bridgehead atoms. The molecule has 1 aromatic rings. The molecular weight excluding hydrogens is 210 g/mol. The van der Waals surface area contributed by atoms with Crippen LogP contribution < -0.4 is 5.32 Å². The molecule has 0 aromatic heterocycles. The molecule has 0 radical (unpaired) electrons. The molecule has 1 fully saturated rings. The smallest absolute Gasteiger partial charge is 0.0503 e. The molecule has 1 heterocycles. The zero-order valence-corrected chi connectivity index (χ0v) is 10.9. The fourth-order valence-corrected chi connectivity index (χ4v) is 2.59. The first-order valence-corrected chi connectivity index (χ1v) is 6.56. The highest BCUT2D eigenvalue weighted by Gasteiger charge is 2.33. The van der Waals surface area contributed by atoms with Gasteiger partial charge in [-0.15, -0.1) is 0 Å². The van der Waals surface area contributed by atoms with Crippen LogP contribution in [-0.4, -0.2) is 24.8 Å². The Labute approximate surface area is 104 Å². The normalized spacial score (nSPS) is 24.5. The zero-order valence-electron chi connectivity index (χ0n) is 10.9. The van der Waals surface area contributed by atoms with Gasteiger partial charge in [0.1, 0.15) is 0 Å². The monoisotopic (exact) mass is 233 g/mol. The van der Waals surface area contributed by atoms with Crippen LogP contribution in [0.1, 0.15) is 37.3 Å². The van der Waals surface area contributed by atoms with Gasteiger partial charge in [0, 0.05) is 12.0 Å². The Bertz CT molecular complexity index is 350. The van der Waals surface area contributed by atoms with Crippen LogP contribution in [-0.2, 0) is 6.42 Å². The van der Waals surface area contributed by atoms with Crippen molar-refractivity contribution in [1.82, 2.24) is 5.32 Å². The summed E-state index contributed by atoms with van der Waals surface area (Å²) in [5.74, 6) is 0.587. The van der Waals surface area contributed by atoms with E-state index in [1.54, 1.807) is 0 Å². The van der Waals surface area contributed by atoms with Gasteiger partial charge in [0.15, 0.2) is 0 Å². The predicted octanol–water partition coefficient (Wildman–Crippen LogP) is 2.32.